The number of fused-ring (bicyclic) bond motifs is 1. The van der Waals surface area contributed by atoms with Crippen LogP contribution in [0.25, 0.3) is 16.9 Å². The molecule has 0 atom stereocenters. The standard InChI is InChI=1S/C17H18N4O/c1-2-15(13-20-8-10-22-11-9-20)16-12-19-17(21(16)7-1)14-3-5-18-6-4-14/h1-7,12H,8-11,13H2. The molecule has 22 heavy (non-hydrogen) atoms. The van der Waals surface area contributed by atoms with Crippen LogP contribution in [0.2, 0.25) is 0 Å². The van der Waals surface area contributed by atoms with E-state index in [1.807, 2.05) is 18.3 Å². The zero-order valence-electron chi connectivity index (χ0n) is 12.4. The lowest BCUT2D eigenvalue weighted by Crippen LogP contribution is -2.35. The molecular formula is C17H18N4O. The second-order valence-corrected chi connectivity index (χ2v) is 5.49. The van der Waals surface area contributed by atoms with Crippen LogP contribution >= 0.6 is 0 Å². The van der Waals surface area contributed by atoms with E-state index in [4.69, 9.17) is 4.74 Å². The minimum Gasteiger partial charge on any atom is -0.379 e. The van der Waals surface area contributed by atoms with Crippen molar-refractivity contribution in [2.45, 2.75) is 6.54 Å². The van der Waals surface area contributed by atoms with Crippen LogP contribution in [0.15, 0.2) is 49.1 Å². The summed E-state index contributed by atoms with van der Waals surface area (Å²) in [6.07, 6.45) is 7.63. The van der Waals surface area contributed by atoms with E-state index in [1.54, 1.807) is 12.4 Å². The molecule has 0 aromatic carbocycles. The van der Waals surface area contributed by atoms with Crippen LogP contribution in [0.3, 0.4) is 0 Å². The lowest BCUT2D eigenvalue weighted by Gasteiger charge is -2.26. The third-order valence-corrected chi connectivity index (χ3v) is 4.09. The van der Waals surface area contributed by atoms with Crippen LogP contribution in [0.4, 0.5) is 0 Å². The first-order chi connectivity index (χ1) is 10.9. The zero-order chi connectivity index (χ0) is 14.8. The van der Waals surface area contributed by atoms with Crippen molar-refractivity contribution in [2.75, 3.05) is 26.3 Å². The molecule has 0 N–H and O–H groups in total. The quantitative estimate of drug-likeness (QED) is 0.743. The average Bonchev–Trinajstić information content (AvgIpc) is 3.02. The van der Waals surface area contributed by atoms with Crippen molar-refractivity contribution >= 4 is 5.52 Å². The molecule has 0 aliphatic carbocycles. The largest absolute Gasteiger partial charge is 0.379 e. The Morgan fingerprint density at radius 2 is 1.91 bits per heavy atom. The maximum atomic E-state index is 5.42. The molecule has 1 fully saturated rings. The smallest absolute Gasteiger partial charge is 0.144 e. The van der Waals surface area contributed by atoms with Gasteiger partial charge in [-0.05, 0) is 23.8 Å². The number of ether oxygens (including phenoxy) is 1. The highest BCUT2D eigenvalue weighted by atomic mass is 16.5. The van der Waals surface area contributed by atoms with Gasteiger partial charge >= 0.3 is 0 Å². The van der Waals surface area contributed by atoms with Crippen LogP contribution in [0, 0.1) is 0 Å². The zero-order valence-corrected chi connectivity index (χ0v) is 12.4. The van der Waals surface area contributed by atoms with Gasteiger partial charge in [-0.2, -0.15) is 0 Å². The monoisotopic (exact) mass is 294 g/mol. The van der Waals surface area contributed by atoms with E-state index in [-0.39, 0.29) is 0 Å². The number of pyridine rings is 2. The summed E-state index contributed by atoms with van der Waals surface area (Å²) in [5.41, 5.74) is 3.55. The molecule has 0 bridgehead atoms. The van der Waals surface area contributed by atoms with Crippen LogP contribution in [0.1, 0.15) is 5.56 Å². The van der Waals surface area contributed by atoms with Crippen molar-refractivity contribution < 1.29 is 4.74 Å². The SMILES string of the molecule is c1cc(CN2CCOCC2)c2cnc(-c3ccncc3)n2c1. The summed E-state index contributed by atoms with van der Waals surface area (Å²) in [5, 5.41) is 0. The van der Waals surface area contributed by atoms with Gasteiger partial charge in [-0.3, -0.25) is 14.3 Å². The third-order valence-electron chi connectivity index (χ3n) is 4.09. The maximum absolute atomic E-state index is 5.42. The molecule has 5 nitrogen and oxygen atoms in total. The van der Waals surface area contributed by atoms with Gasteiger partial charge in [0.2, 0.25) is 0 Å². The Bertz CT molecular complexity index is 763. The number of morpholine rings is 1. The minimum atomic E-state index is 0.824. The number of imidazole rings is 1. The second kappa shape index (κ2) is 5.87. The molecule has 112 valence electrons. The van der Waals surface area contributed by atoms with E-state index >= 15 is 0 Å². The molecule has 3 aromatic heterocycles. The first-order valence-electron chi connectivity index (χ1n) is 7.57. The van der Waals surface area contributed by atoms with E-state index in [1.165, 1.54) is 11.1 Å². The average molecular weight is 294 g/mol. The van der Waals surface area contributed by atoms with Gasteiger partial charge in [0.25, 0.3) is 0 Å². The number of nitrogens with zero attached hydrogens (tertiary/aromatic N) is 4. The number of aromatic nitrogens is 3. The number of rotatable bonds is 3. The maximum Gasteiger partial charge on any atom is 0.144 e. The van der Waals surface area contributed by atoms with Crippen LogP contribution in [-0.4, -0.2) is 45.6 Å². The van der Waals surface area contributed by atoms with E-state index in [9.17, 15) is 0 Å². The van der Waals surface area contributed by atoms with Gasteiger partial charge in [0.1, 0.15) is 5.82 Å². The summed E-state index contributed by atoms with van der Waals surface area (Å²) < 4.78 is 7.58. The molecule has 5 heteroatoms. The summed E-state index contributed by atoms with van der Waals surface area (Å²) in [4.78, 5) is 11.1. The fourth-order valence-electron chi connectivity index (χ4n) is 2.93. The van der Waals surface area contributed by atoms with Gasteiger partial charge in [-0.25, -0.2) is 4.98 Å². The molecular weight excluding hydrogens is 276 g/mol. The van der Waals surface area contributed by atoms with Crippen molar-refractivity contribution in [1.29, 1.82) is 0 Å². The molecule has 1 aliphatic rings. The van der Waals surface area contributed by atoms with Gasteiger partial charge < -0.3 is 4.74 Å². The normalized spacial score (nSPS) is 16.2. The lowest BCUT2D eigenvalue weighted by molar-refractivity contribution is 0.0343. The van der Waals surface area contributed by atoms with Gasteiger partial charge in [0.05, 0.1) is 24.9 Å². The summed E-state index contributed by atoms with van der Waals surface area (Å²) in [6.45, 7) is 4.57. The van der Waals surface area contributed by atoms with Gasteiger partial charge in [0, 0.05) is 43.8 Å². The Labute approximate surface area is 129 Å². The molecule has 4 rings (SSSR count). The molecule has 4 heterocycles. The van der Waals surface area contributed by atoms with Crippen molar-refractivity contribution in [3.63, 3.8) is 0 Å². The summed E-state index contributed by atoms with van der Waals surface area (Å²) >= 11 is 0. The topological polar surface area (TPSA) is 42.7 Å². The highest BCUT2D eigenvalue weighted by Crippen LogP contribution is 2.22. The summed E-state index contributed by atoms with van der Waals surface area (Å²) in [6, 6.07) is 8.25. The lowest BCUT2D eigenvalue weighted by atomic mass is 10.2. The number of hydrogen-bond acceptors (Lipinski definition) is 4. The fourth-order valence-corrected chi connectivity index (χ4v) is 2.93. The van der Waals surface area contributed by atoms with Gasteiger partial charge in [-0.15, -0.1) is 0 Å². The van der Waals surface area contributed by atoms with E-state index in [2.05, 4.69) is 37.6 Å². The second-order valence-electron chi connectivity index (χ2n) is 5.49. The Morgan fingerprint density at radius 3 is 2.73 bits per heavy atom. The summed E-state index contributed by atoms with van der Waals surface area (Å²) in [5.74, 6) is 0.959. The minimum absolute atomic E-state index is 0.824. The molecule has 1 aliphatic heterocycles. The van der Waals surface area contributed by atoms with Gasteiger partial charge in [-0.1, -0.05) is 6.07 Å². The molecule has 0 radical (unpaired) electrons. The highest BCUT2D eigenvalue weighted by Gasteiger charge is 2.14. The molecule has 3 aromatic rings. The Balaban J connectivity index is 1.70. The Hall–Kier alpha value is -2.24. The third kappa shape index (κ3) is 2.49. The molecule has 0 amide bonds. The predicted molar refractivity (Wildman–Crippen MR) is 84.5 cm³/mol. The summed E-state index contributed by atoms with van der Waals surface area (Å²) in [7, 11) is 0. The molecule has 0 saturated carbocycles. The molecule has 1 saturated heterocycles. The Morgan fingerprint density at radius 1 is 1.09 bits per heavy atom. The first-order valence-corrected chi connectivity index (χ1v) is 7.57. The van der Waals surface area contributed by atoms with Gasteiger partial charge in [0.15, 0.2) is 0 Å². The van der Waals surface area contributed by atoms with Crippen LogP contribution in [0.5, 0.6) is 0 Å². The molecule has 0 unspecified atom stereocenters. The van der Waals surface area contributed by atoms with Crippen molar-refractivity contribution in [1.82, 2.24) is 19.3 Å². The van der Waals surface area contributed by atoms with Crippen LogP contribution in [-0.2, 0) is 11.3 Å². The van der Waals surface area contributed by atoms with E-state index < -0.39 is 0 Å². The first kappa shape index (κ1) is 13.4. The van der Waals surface area contributed by atoms with Crippen LogP contribution < -0.4 is 0 Å². The van der Waals surface area contributed by atoms with E-state index in [0.29, 0.717) is 0 Å². The highest BCUT2D eigenvalue weighted by molar-refractivity contribution is 5.64. The fraction of sp³-hybridized carbons (Fsp3) is 0.294. The molecule has 0 spiro atoms. The Kier molecular flexibility index (Phi) is 3.58. The van der Waals surface area contributed by atoms with E-state index in [0.717, 1.165) is 44.2 Å². The van der Waals surface area contributed by atoms with Crippen molar-refractivity contribution in [2.24, 2.45) is 0 Å². The van der Waals surface area contributed by atoms with Crippen molar-refractivity contribution in [3.8, 4) is 11.4 Å². The predicted octanol–water partition coefficient (Wildman–Crippen LogP) is 2.23. The van der Waals surface area contributed by atoms with Crippen molar-refractivity contribution in [3.05, 3.63) is 54.6 Å². The number of hydrogen-bond donors (Lipinski definition) is 0.